The second-order valence-electron chi connectivity index (χ2n) is 2.91. The second kappa shape index (κ2) is 3.95. The number of amides is 1. The molecule has 5 heteroatoms. The maximum Gasteiger partial charge on any atom is 0.326 e. The van der Waals surface area contributed by atoms with Crippen LogP contribution in [0.3, 0.4) is 0 Å². The van der Waals surface area contributed by atoms with Crippen LogP contribution in [0.1, 0.15) is 17.5 Å². The summed E-state index contributed by atoms with van der Waals surface area (Å²) in [5, 5.41) is 8.67. The largest absolute Gasteiger partial charge is 0.480 e. The maximum absolute atomic E-state index is 11.5. The molecule has 0 aromatic carbocycles. The Bertz CT molecular complexity index is 331. The zero-order chi connectivity index (χ0) is 10.7. The number of rotatable bonds is 3. The average molecular weight is 197 g/mol. The first-order chi connectivity index (χ1) is 6.54. The van der Waals surface area contributed by atoms with E-state index in [1.807, 2.05) is 0 Å². The molecule has 1 heterocycles. The van der Waals surface area contributed by atoms with Crippen LogP contribution in [0.2, 0.25) is 0 Å². The first kappa shape index (κ1) is 10.3. The van der Waals surface area contributed by atoms with Crippen molar-refractivity contribution in [3.8, 4) is 0 Å². The minimum Gasteiger partial charge on any atom is -0.480 e. The standard InChI is InChI=1S/C9H11NO4/c1-6(9(12)13)10(2)8(11)7-4-3-5-14-7/h3-6H,1-2H3,(H,12,13). The van der Waals surface area contributed by atoms with Crippen LogP contribution in [0.4, 0.5) is 0 Å². The van der Waals surface area contributed by atoms with Gasteiger partial charge in [0.25, 0.3) is 5.91 Å². The number of hydrogen-bond donors (Lipinski definition) is 1. The van der Waals surface area contributed by atoms with Crippen LogP contribution in [0.15, 0.2) is 22.8 Å². The summed E-state index contributed by atoms with van der Waals surface area (Å²) < 4.78 is 4.86. The Morgan fingerprint density at radius 2 is 2.21 bits per heavy atom. The molecular formula is C9H11NO4. The molecule has 1 N–H and O–H groups in total. The van der Waals surface area contributed by atoms with Crippen molar-refractivity contribution in [1.82, 2.24) is 4.90 Å². The predicted molar refractivity (Wildman–Crippen MR) is 47.9 cm³/mol. The molecule has 1 rings (SSSR count). The third kappa shape index (κ3) is 1.93. The molecule has 5 nitrogen and oxygen atoms in total. The molecule has 0 fully saturated rings. The molecule has 1 amide bonds. The molecule has 76 valence electrons. The summed E-state index contributed by atoms with van der Waals surface area (Å²) in [5.41, 5.74) is 0. The van der Waals surface area contributed by atoms with Crippen molar-refractivity contribution in [3.63, 3.8) is 0 Å². The van der Waals surface area contributed by atoms with E-state index in [9.17, 15) is 9.59 Å². The van der Waals surface area contributed by atoms with Crippen LogP contribution < -0.4 is 0 Å². The van der Waals surface area contributed by atoms with Crippen LogP contribution in [0, 0.1) is 0 Å². The van der Waals surface area contributed by atoms with E-state index in [0.29, 0.717) is 0 Å². The van der Waals surface area contributed by atoms with Gasteiger partial charge in [0.2, 0.25) is 0 Å². The van der Waals surface area contributed by atoms with Crippen LogP contribution >= 0.6 is 0 Å². The van der Waals surface area contributed by atoms with Crippen molar-refractivity contribution in [1.29, 1.82) is 0 Å². The van der Waals surface area contributed by atoms with Crippen LogP contribution in [0.25, 0.3) is 0 Å². The van der Waals surface area contributed by atoms with Gasteiger partial charge in [0.05, 0.1) is 6.26 Å². The van der Waals surface area contributed by atoms with E-state index in [4.69, 9.17) is 9.52 Å². The summed E-state index contributed by atoms with van der Waals surface area (Å²) in [5.74, 6) is -1.35. The fraction of sp³-hybridized carbons (Fsp3) is 0.333. The molecule has 0 aliphatic heterocycles. The molecule has 0 aliphatic rings. The van der Waals surface area contributed by atoms with Crippen molar-refractivity contribution in [2.45, 2.75) is 13.0 Å². The molecule has 0 aliphatic carbocycles. The summed E-state index contributed by atoms with van der Waals surface area (Å²) in [6.07, 6.45) is 1.37. The monoisotopic (exact) mass is 197 g/mol. The first-order valence-corrected chi connectivity index (χ1v) is 4.07. The zero-order valence-electron chi connectivity index (χ0n) is 7.93. The summed E-state index contributed by atoms with van der Waals surface area (Å²) in [6, 6.07) is 2.20. The molecule has 0 bridgehead atoms. The molecule has 0 saturated carbocycles. The molecule has 0 spiro atoms. The number of nitrogens with zero attached hydrogens (tertiary/aromatic N) is 1. The van der Waals surface area contributed by atoms with Gasteiger partial charge in [-0.05, 0) is 19.1 Å². The SMILES string of the molecule is CC(C(=O)O)N(C)C(=O)c1ccco1. The van der Waals surface area contributed by atoms with Crippen LogP contribution in [0.5, 0.6) is 0 Å². The lowest BCUT2D eigenvalue weighted by Gasteiger charge is -2.19. The fourth-order valence-corrected chi connectivity index (χ4v) is 0.916. The summed E-state index contributed by atoms with van der Waals surface area (Å²) in [4.78, 5) is 23.2. The topological polar surface area (TPSA) is 70.8 Å². The van der Waals surface area contributed by atoms with Gasteiger partial charge in [0.15, 0.2) is 5.76 Å². The molecule has 1 aromatic rings. The van der Waals surface area contributed by atoms with Crippen molar-refractivity contribution < 1.29 is 19.1 Å². The highest BCUT2D eigenvalue weighted by Gasteiger charge is 2.23. The normalized spacial score (nSPS) is 12.1. The van der Waals surface area contributed by atoms with E-state index in [1.165, 1.54) is 26.3 Å². The number of carboxylic acids is 1. The number of likely N-dealkylation sites (N-methyl/N-ethyl adjacent to an activating group) is 1. The molecule has 1 unspecified atom stereocenters. The van der Waals surface area contributed by atoms with Gasteiger partial charge in [-0.2, -0.15) is 0 Å². The lowest BCUT2D eigenvalue weighted by Crippen LogP contribution is -2.40. The Morgan fingerprint density at radius 1 is 1.57 bits per heavy atom. The minimum atomic E-state index is -1.05. The van der Waals surface area contributed by atoms with Crippen molar-refractivity contribution in [3.05, 3.63) is 24.2 Å². The average Bonchev–Trinajstić information content (AvgIpc) is 2.67. The maximum atomic E-state index is 11.5. The van der Waals surface area contributed by atoms with E-state index in [1.54, 1.807) is 6.07 Å². The molecule has 1 atom stereocenters. The Hall–Kier alpha value is -1.78. The minimum absolute atomic E-state index is 0.139. The van der Waals surface area contributed by atoms with Gasteiger partial charge in [-0.1, -0.05) is 0 Å². The van der Waals surface area contributed by atoms with Gasteiger partial charge in [0.1, 0.15) is 6.04 Å². The molecule has 14 heavy (non-hydrogen) atoms. The zero-order valence-corrected chi connectivity index (χ0v) is 7.93. The predicted octanol–water partition coefficient (Wildman–Crippen LogP) is 0.825. The number of hydrogen-bond acceptors (Lipinski definition) is 3. The first-order valence-electron chi connectivity index (χ1n) is 4.07. The van der Waals surface area contributed by atoms with Gasteiger partial charge >= 0.3 is 5.97 Å². The van der Waals surface area contributed by atoms with E-state index >= 15 is 0 Å². The van der Waals surface area contributed by atoms with Gasteiger partial charge in [-0.25, -0.2) is 4.79 Å². The Morgan fingerprint density at radius 3 is 2.64 bits per heavy atom. The highest BCUT2D eigenvalue weighted by molar-refractivity contribution is 5.93. The van der Waals surface area contributed by atoms with Crippen LogP contribution in [-0.4, -0.2) is 35.0 Å². The van der Waals surface area contributed by atoms with E-state index in [-0.39, 0.29) is 5.76 Å². The van der Waals surface area contributed by atoms with E-state index in [0.717, 1.165) is 4.90 Å². The Kier molecular flexibility index (Phi) is 2.91. The van der Waals surface area contributed by atoms with Gasteiger partial charge in [-0.15, -0.1) is 0 Å². The van der Waals surface area contributed by atoms with Gasteiger partial charge < -0.3 is 14.4 Å². The third-order valence-corrected chi connectivity index (χ3v) is 1.99. The number of carboxylic acid groups (broad SMARTS) is 1. The summed E-state index contributed by atoms with van der Waals surface area (Å²) in [6.45, 7) is 1.43. The second-order valence-corrected chi connectivity index (χ2v) is 2.91. The third-order valence-electron chi connectivity index (χ3n) is 1.99. The smallest absolute Gasteiger partial charge is 0.326 e. The molecule has 0 radical (unpaired) electrons. The van der Waals surface area contributed by atoms with E-state index in [2.05, 4.69) is 0 Å². The van der Waals surface area contributed by atoms with Gasteiger partial charge in [-0.3, -0.25) is 4.79 Å². The van der Waals surface area contributed by atoms with Gasteiger partial charge in [0, 0.05) is 7.05 Å². The van der Waals surface area contributed by atoms with Crippen molar-refractivity contribution in [2.75, 3.05) is 7.05 Å². The van der Waals surface area contributed by atoms with Crippen molar-refractivity contribution in [2.24, 2.45) is 0 Å². The number of carbonyl (C=O) groups excluding carboxylic acids is 1. The molecule has 1 aromatic heterocycles. The number of aliphatic carboxylic acids is 1. The van der Waals surface area contributed by atoms with Crippen molar-refractivity contribution >= 4 is 11.9 Å². The summed E-state index contributed by atoms with van der Waals surface area (Å²) in [7, 11) is 1.42. The molecule has 0 saturated heterocycles. The quantitative estimate of drug-likeness (QED) is 0.778. The highest BCUT2D eigenvalue weighted by Crippen LogP contribution is 2.06. The summed E-state index contributed by atoms with van der Waals surface area (Å²) >= 11 is 0. The lowest BCUT2D eigenvalue weighted by molar-refractivity contribution is -0.141. The Labute approximate surface area is 80.9 Å². The van der Waals surface area contributed by atoms with Crippen LogP contribution in [-0.2, 0) is 4.79 Å². The number of carbonyl (C=O) groups is 2. The molecular weight excluding hydrogens is 186 g/mol. The highest BCUT2D eigenvalue weighted by atomic mass is 16.4. The van der Waals surface area contributed by atoms with E-state index < -0.39 is 17.9 Å². The number of furan rings is 1. The fourth-order valence-electron chi connectivity index (χ4n) is 0.916. The Balaban J connectivity index is 2.76. The lowest BCUT2D eigenvalue weighted by atomic mass is 10.3.